The number of hydrogen-bond acceptors (Lipinski definition) is 4. The van der Waals surface area contributed by atoms with Crippen LogP contribution >= 0.6 is 11.8 Å². The van der Waals surface area contributed by atoms with Gasteiger partial charge in [-0.25, -0.2) is 4.98 Å². The lowest BCUT2D eigenvalue weighted by Gasteiger charge is -2.21. The summed E-state index contributed by atoms with van der Waals surface area (Å²) in [5.74, 6) is 0.497. The third-order valence-electron chi connectivity index (χ3n) is 3.92. The first kappa shape index (κ1) is 15.1. The average Bonchev–Trinajstić information content (AvgIpc) is 2.92. The van der Waals surface area contributed by atoms with E-state index in [1.807, 2.05) is 62.4 Å². The summed E-state index contributed by atoms with van der Waals surface area (Å²) in [6, 6.07) is 16.1. The summed E-state index contributed by atoms with van der Waals surface area (Å²) in [6.45, 7) is 4.05. The van der Waals surface area contributed by atoms with Gasteiger partial charge in [-0.3, -0.25) is 14.7 Å². The van der Waals surface area contributed by atoms with Crippen molar-refractivity contribution in [3.05, 3.63) is 48.5 Å². The molecule has 1 aliphatic rings. The number of amides is 1. The lowest BCUT2D eigenvalue weighted by molar-refractivity contribution is -0.115. The quantitative estimate of drug-likeness (QED) is 0.658. The molecule has 0 aliphatic carbocycles. The van der Waals surface area contributed by atoms with Crippen molar-refractivity contribution in [2.45, 2.75) is 19.9 Å². The number of rotatable bonds is 2. The zero-order valence-electron chi connectivity index (χ0n) is 13.6. The van der Waals surface area contributed by atoms with Crippen LogP contribution in [0.15, 0.2) is 53.5 Å². The van der Waals surface area contributed by atoms with Gasteiger partial charge in [-0.05, 0) is 26.0 Å². The number of carbonyl (C=O) groups is 1. The SMILES string of the molecule is CC(C)N=C1SCC(=O)N1c1c2ccccc2nc2ccccc12. The second-order valence-corrected chi connectivity index (χ2v) is 6.96. The molecule has 0 spiro atoms. The number of nitrogens with zero attached hydrogens (tertiary/aromatic N) is 3. The number of fused-ring (bicyclic) bond motifs is 2. The van der Waals surface area contributed by atoms with Gasteiger partial charge < -0.3 is 0 Å². The van der Waals surface area contributed by atoms with E-state index in [9.17, 15) is 4.79 Å². The minimum absolute atomic E-state index is 0.0703. The van der Waals surface area contributed by atoms with E-state index < -0.39 is 0 Å². The monoisotopic (exact) mass is 335 g/mol. The van der Waals surface area contributed by atoms with Crippen molar-refractivity contribution in [2.24, 2.45) is 4.99 Å². The van der Waals surface area contributed by atoms with Crippen LogP contribution in [0.2, 0.25) is 0 Å². The van der Waals surface area contributed by atoms with E-state index in [-0.39, 0.29) is 11.9 Å². The van der Waals surface area contributed by atoms with Gasteiger partial charge >= 0.3 is 0 Å². The highest BCUT2D eigenvalue weighted by Gasteiger charge is 2.32. The third-order valence-corrected chi connectivity index (χ3v) is 4.85. The van der Waals surface area contributed by atoms with Gasteiger partial charge in [-0.15, -0.1) is 0 Å². The first-order valence-electron chi connectivity index (χ1n) is 7.96. The van der Waals surface area contributed by atoms with Crippen LogP contribution in [0.4, 0.5) is 5.69 Å². The molecular weight excluding hydrogens is 318 g/mol. The van der Waals surface area contributed by atoms with Crippen LogP contribution in [0, 0.1) is 0 Å². The number of benzene rings is 2. The molecule has 0 N–H and O–H groups in total. The van der Waals surface area contributed by atoms with Crippen LogP contribution in [0.25, 0.3) is 21.8 Å². The van der Waals surface area contributed by atoms with Crippen LogP contribution in [0.5, 0.6) is 0 Å². The van der Waals surface area contributed by atoms with Gasteiger partial charge in [0.05, 0.1) is 22.5 Å². The molecule has 4 nitrogen and oxygen atoms in total. The Hall–Kier alpha value is -2.40. The summed E-state index contributed by atoms with van der Waals surface area (Å²) >= 11 is 1.50. The lowest BCUT2D eigenvalue weighted by Crippen LogP contribution is -2.30. The standard InChI is InChI=1S/C19H17N3OS/c1-12(2)20-19-22(17(23)11-24-19)18-13-7-3-5-9-15(13)21-16-10-6-4-8-14(16)18/h3-10,12H,11H2,1-2H3. The molecular formula is C19H17N3OS. The maximum Gasteiger partial charge on any atom is 0.243 e. The molecule has 5 heteroatoms. The molecule has 1 amide bonds. The number of hydrogen-bond donors (Lipinski definition) is 0. The topological polar surface area (TPSA) is 45.6 Å². The van der Waals surface area contributed by atoms with Crippen molar-refractivity contribution in [1.82, 2.24) is 4.98 Å². The van der Waals surface area contributed by atoms with Gasteiger partial charge in [0.1, 0.15) is 0 Å². The second kappa shape index (κ2) is 5.91. The Bertz CT molecular complexity index is 927. The van der Waals surface area contributed by atoms with Crippen molar-refractivity contribution in [1.29, 1.82) is 0 Å². The molecule has 0 saturated carbocycles. The number of thioether (sulfide) groups is 1. The third kappa shape index (κ3) is 2.45. The predicted octanol–water partition coefficient (Wildman–Crippen LogP) is 4.23. The Kier molecular flexibility index (Phi) is 3.73. The maximum absolute atomic E-state index is 12.7. The summed E-state index contributed by atoms with van der Waals surface area (Å²) in [7, 11) is 0. The van der Waals surface area contributed by atoms with Gasteiger partial charge in [-0.2, -0.15) is 0 Å². The molecule has 0 atom stereocenters. The molecule has 24 heavy (non-hydrogen) atoms. The zero-order chi connectivity index (χ0) is 16.7. The molecule has 2 aromatic carbocycles. The number of pyridine rings is 1. The number of para-hydroxylation sites is 2. The second-order valence-electron chi connectivity index (χ2n) is 6.02. The van der Waals surface area contributed by atoms with E-state index in [4.69, 9.17) is 4.98 Å². The summed E-state index contributed by atoms with van der Waals surface area (Å²) < 4.78 is 0. The Morgan fingerprint density at radius 2 is 1.62 bits per heavy atom. The fourth-order valence-electron chi connectivity index (χ4n) is 2.96. The van der Waals surface area contributed by atoms with Crippen molar-refractivity contribution >= 4 is 50.3 Å². The highest BCUT2D eigenvalue weighted by Crippen LogP contribution is 2.37. The normalized spacial score (nSPS) is 16.9. The zero-order valence-corrected chi connectivity index (χ0v) is 14.4. The summed E-state index contributed by atoms with van der Waals surface area (Å²) in [5.41, 5.74) is 2.67. The molecule has 0 unspecified atom stereocenters. The van der Waals surface area contributed by atoms with E-state index in [0.717, 1.165) is 32.7 Å². The molecule has 3 aromatic rings. The van der Waals surface area contributed by atoms with Crippen LogP contribution in [-0.4, -0.2) is 27.9 Å². The Morgan fingerprint density at radius 3 is 2.21 bits per heavy atom. The Balaban J connectivity index is 2.08. The van der Waals surface area contributed by atoms with E-state index in [0.29, 0.717) is 5.75 Å². The maximum atomic E-state index is 12.7. The summed E-state index contributed by atoms with van der Waals surface area (Å²) in [6.07, 6.45) is 0. The minimum Gasteiger partial charge on any atom is -0.273 e. The average molecular weight is 335 g/mol. The van der Waals surface area contributed by atoms with Crippen LogP contribution in [-0.2, 0) is 4.79 Å². The van der Waals surface area contributed by atoms with Crippen molar-refractivity contribution in [3.63, 3.8) is 0 Å². The van der Waals surface area contributed by atoms with E-state index in [2.05, 4.69) is 4.99 Å². The number of aliphatic imine (C=N–C) groups is 1. The highest BCUT2D eigenvalue weighted by atomic mass is 32.2. The molecule has 0 radical (unpaired) electrons. The fraction of sp³-hybridized carbons (Fsp3) is 0.211. The smallest absolute Gasteiger partial charge is 0.243 e. The molecule has 120 valence electrons. The molecule has 2 heterocycles. The van der Waals surface area contributed by atoms with Gasteiger partial charge in [-0.1, -0.05) is 48.2 Å². The van der Waals surface area contributed by atoms with E-state index in [1.165, 1.54) is 11.8 Å². The molecule has 1 saturated heterocycles. The largest absolute Gasteiger partial charge is 0.273 e. The molecule has 0 bridgehead atoms. The van der Waals surface area contributed by atoms with Crippen molar-refractivity contribution in [2.75, 3.05) is 10.7 Å². The fourth-order valence-corrected chi connectivity index (χ4v) is 3.95. The number of aromatic nitrogens is 1. The van der Waals surface area contributed by atoms with E-state index >= 15 is 0 Å². The number of anilines is 1. The minimum atomic E-state index is 0.0703. The first-order valence-corrected chi connectivity index (χ1v) is 8.95. The summed E-state index contributed by atoms with van der Waals surface area (Å²) in [5, 5.41) is 2.73. The Labute approximate surface area is 144 Å². The van der Waals surface area contributed by atoms with Crippen LogP contribution in [0.3, 0.4) is 0 Å². The van der Waals surface area contributed by atoms with Crippen LogP contribution in [0.1, 0.15) is 13.8 Å². The van der Waals surface area contributed by atoms with Crippen LogP contribution < -0.4 is 4.90 Å². The molecule has 4 rings (SSSR count). The van der Waals surface area contributed by atoms with Gasteiger partial charge in [0.25, 0.3) is 0 Å². The van der Waals surface area contributed by atoms with Gasteiger partial charge in [0.15, 0.2) is 5.17 Å². The predicted molar refractivity (Wildman–Crippen MR) is 102 cm³/mol. The van der Waals surface area contributed by atoms with E-state index in [1.54, 1.807) is 4.90 Å². The summed E-state index contributed by atoms with van der Waals surface area (Å²) in [4.78, 5) is 23.8. The Morgan fingerprint density at radius 1 is 1.04 bits per heavy atom. The highest BCUT2D eigenvalue weighted by molar-refractivity contribution is 8.15. The molecule has 1 aliphatic heterocycles. The molecule has 1 aromatic heterocycles. The van der Waals surface area contributed by atoms with Gasteiger partial charge in [0, 0.05) is 16.8 Å². The first-order chi connectivity index (χ1) is 11.6. The number of amidine groups is 1. The lowest BCUT2D eigenvalue weighted by atomic mass is 10.1. The van der Waals surface area contributed by atoms with Crippen molar-refractivity contribution < 1.29 is 4.79 Å². The van der Waals surface area contributed by atoms with Gasteiger partial charge in [0.2, 0.25) is 5.91 Å². The number of carbonyl (C=O) groups excluding carboxylic acids is 1. The molecule has 1 fully saturated rings. The van der Waals surface area contributed by atoms with Crippen molar-refractivity contribution in [3.8, 4) is 0 Å².